The second kappa shape index (κ2) is 6.44. The van der Waals surface area contributed by atoms with Crippen LogP contribution < -0.4 is 0 Å². The first kappa shape index (κ1) is 15.1. The molecular formula is C12H18N6O3. The minimum absolute atomic E-state index is 0.185. The first-order valence-corrected chi connectivity index (χ1v) is 6.45. The third kappa shape index (κ3) is 3.24. The summed E-state index contributed by atoms with van der Waals surface area (Å²) in [5.74, 6) is 1.03. The van der Waals surface area contributed by atoms with E-state index in [-0.39, 0.29) is 12.3 Å². The van der Waals surface area contributed by atoms with Gasteiger partial charge in [0.15, 0.2) is 11.5 Å². The van der Waals surface area contributed by atoms with Crippen LogP contribution in [0.5, 0.6) is 0 Å². The lowest BCUT2D eigenvalue weighted by molar-refractivity contribution is 0.0380. The van der Waals surface area contributed by atoms with Crippen LogP contribution >= 0.6 is 0 Å². The zero-order valence-corrected chi connectivity index (χ0v) is 12.5. The number of aromatic nitrogens is 6. The van der Waals surface area contributed by atoms with Gasteiger partial charge in [-0.25, -0.2) is 9.48 Å². The standard InChI is InChI=1S/C12H18N6O3/c1-8-11(12(19)21-6-5-20-4)15-16-18(8)7-10-14-13-9(2)17(10)3/h5-7H2,1-4H3. The van der Waals surface area contributed by atoms with E-state index in [4.69, 9.17) is 9.47 Å². The second-order valence-electron chi connectivity index (χ2n) is 4.53. The smallest absolute Gasteiger partial charge is 0.360 e. The minimum atomic E-state index is -0.509. The van der Waals surface area contributed by atoms with Crippen molar-refractivity contribution in [1.29, 1.82) is 0 Å². The first-order valence-electron chi connectivity index (χ1n) is 6.45. The average Bonchev–Trinajstić information content (AvgIpc) is 2.97. The molecule has 21 heavy (non-hydrogen) atoms. The number of carbonyl (C=O) groups excluding carboxylic acids is 1. The van der Waals surface area contributed by atoms with Crippen molar-refractivity contribution >= 4 is 5.97 Å². The summed E-state index contributed by atoms with van der Waals surface area (Å²) >= 11 is 0. The summed E-state index contributed by atoms with van der Waals surface area (Å²) in [6.45, 7) is 4.54. The summed E-state index contributed by atoms with van der Waals surface area (Å²) in [5, 5.41) is 15.9. The molecule has 0 fully saturated rings. The molecular weight excluding hydrogens is 276 g/mol. The molecule has 0 aliphatic rings. The Bertz CT molecular complexity index is 633. The quantitative estimate of drug-likeness (QED) is 0.541. The highest BCUT2D eigenvalue weighted by atomic mass is 16.6. The van der Waals surface area contributed by atoms with Crippen molar-refractivity contribution in [2.24, 2.45) is 7.05 Å². The molecule has 0 unspecified atom stereocenters. The van der Waals surface area contributed by atoms with Crippen LogP contribution in [0.4, 0.5) is 0 Å². The Morgan fingerprint density at radius 1 is 1.19 bits per heavy atom. The molecule has 0 saturated heterocycles. The number of methoxy groups -OCH3 is 1. The fourth-order valence-electron chi connectivity index (χ4n) is 1.71. The van der Waals surface area contributed by atoms with Gasteiger partial charge in [0.1, 0.15) is 19.0 Å². The van der Waals surface area contributed by atoms with Crippen LogP contribution in [0.1, 0.15) is 27.8 Å². The normalized spacial score (nSPS) is 10.9. The van der Waals surface area contributed by atoms with E-state index in [0.717, 1.165) is 11.6 Å². The third-order valence-corrected chi connectivity index (χ3v) is 3.17. The van der Waals surface area contributed by atoms with Crippen molar-refractivity contribution in [2.45, 2.75) is 20.4 Å². The number of aryl methyl sites for hydroxylation is 1. The molecule has 0 amide bonds. The Morgan fingerprint density at radius 3 is 2.57 bits per heavy atom. The molecule has 0 N–H and O–H groups in total. The zero-order valence-electron chi connectivity index (χ0n) is 12.5. The molecule has 0 spiro atoms. The topological polar surface area (TPSA) is 97.0 Å². The Labute approximate surface area is 121 Å². The fourth-order valence-corrected chi connectivity index (χ4v) is 1.71. The maximum atomic E-state index is 11.9. The van der Waals surface area contributed by atoms with Gasteiger partial charge in [-0.1, -0.05) is 5.21 Å². The number of hydrogen-bond acceptors (Lipinski definition) is 7. The van der Waals surface area contributed by atoms with E-state index in [1.165, 1.54) is 7.11 Å². The maximum absolute atomic E-state index is 11.9. The number of esters is 1. The fraction of sp³-hybridized carbons (Fsp3) is 0.583. The average molecular weight is 294 g/mol. The van der Waals surface area contributed by atoms with Crippen LogP contribution in [0.3, 0.4) is 0 Å². The summed E-state index contributed by atoms with van der Waals surface area (Å²) in [5.41, 5.74) is 0.822. The molecule has 2 aromatic rings. The molecule has 2 heterocycles. The van der Waals surface area contributed by atoms with Crippen molar-refractivity contribution in [3.63, 3.8) is 0 Å². The van der Waals surface area contributed by atoms with Crippen LogP contribution in [0.15, 0.2) is 0 Å². The van der Waals surface area contributed by atoms with Gasteiger partial charge >= 0.3 is 5.97 Å². The number of nitrogens with zero attached hydrogens (tertiary/aromatic N) is 6. The molecule has 114 valence electrons. The molecule has 9 heteroatoms. The largest absolute Gasteiger partial charge is 0.458 e. The highest BCUT2D eigenvalue weighted by Gasteiger charge is 2.19. The van der Waals surface area contributed by atoms with Gasteiger partial charge in [-0.2, -0.15) is 0 Å². The van der Waals surface area contributed by atoms with Gasteiger partial charge in [0.05, 0.1) is 12.3 Å². The van der Waals surface area contributed by atoms with E-state index in [9.17, 15) is 4.79 Å². The molecule has 0 radical (unpaired) electrons. The molecule has 2 rings (SSSR count). The van der Waals surface area contributed by atoms with Gasteiger partial charge in [-0.3, -0.25) is 0 Å². The van der Waals surface area contributed by atoms with Crippen molar-refractivity contribution in [2.75, 3.05) is 20.3 Å². The van der Waals surface area contributed by atoms with E-state index in [1.54, 1.807) is 11.6 Å². The second-order valence-corrected chi connectivity index (χ2v) is 4.53. The molecule has 9 nitrogen and oxygen atoms in total. The van der Waals surface area contributed by atoms with Crippen LogP contribution in [-0.2, 0) is 23.1 Å². The van der Waals surface area contributed by atoms with Gasteiger partial charge in [-0.05, 0) is 13.8 Å². The lowest BCUT2D eigenvalue weighted by Gasteiger charge is -2.04. The van der Waals surface area contributed by atoms with Crippen molar-refractivity contribution in [3.05, 3.63) is 23.0 Å². The summed E-state index contributed by atoms with van der Waals surface area (Å²) in [7, 11) is 3.41. The van der Waals surface area contributed by atoms with Crippen LogP contribution in [0.2, 0.25) is 0 Å². The van der Waals surface area contributed by atoms with Gasteiger partial charge < -0.3 is 14.0 Å². The van der Waals surface area contributed by atoms with Gasteiger partial charge in [0.25, 0.3) is 0 Å². The molecule has 0 atom stereocenters. The Morgan fingerprint density at radius 2 is 1.95 bits per heavy atom. The van der Waals surface area contributed by atoms with E-state index in [1.807, 2.05) is 18.5 Å². The van der Waals surface area contributed by atoms with E-state index >= 15 is 0 Å². The van der Waals surface area contributed by atoms with Crippen molar-refractivity contribution < 1.29 is 14.3 Å². The predicted molar refractivity (Wildman–Crippen MR) is 71.8 cm³/mol. The number of rotatable bonds is 6. The third-order valence-electron chi connectivity index (χ3n) is 3.17. The van der Waals surface area contributed by atoms with E-state index in [0.29, 0.717) is 18.8 Å². The van der Waals surface area contributed by atoms with Crippen molar-refractivity contribution in [1.82, 2.24) is 29.8 Å². The molecule has 0 saturated carbocycles. The Kier molecular flexibility index (Phi) is 4.63. The lowest BCUT2D eigenvalue weighted by Crippen LogP contribution is -2.13. The van der Waals surface area contributed by atoms with Crippen LogP contribution in [-0.4, -0.2) is 56.1 Å². The number of hydrogen-bond donors (Lipinski definition) is 0. The highest BCUT2D eigenvalue weighted by Crippen LogP contribution is 2.08. The highest BCUT2D eigenvalue weighted by molar-refractivity contribution is 5.88. The van der Waals surface area contributed by atoms with Crippen LogP contribution in [0, 0.1) is 13.8 Å². The van der Waals surface area contributed by atoms with Gasteiger partial charge in [0.2, 0.25) is 0 Å². The molecule has 0 aliphatic carbocycles. The Balaban J connectivity index is 2.10. The summed E-state index contributed by atoms with van der Waals surface area (Å²) in [6, 6.07) is 0. The molecule has 0 aliphatic heterocycles. The lowest BCUT2D eigenvalue weighted by atomic mass is 10.3. The minimum Gasteiger partial charge on any atom is -0.458 e. The number of carbonyl (C=O) groups is 1. The summed E-state index contributed by atoms with van der Waals surface area (Å²) in [4.78, 5) is 11.9. The molecule has 2 aromatic heterocycles. The summed E-state index contributed by atoms with van der Waals surface area (Å²) < 4.78 is 13.3. The van der Waals surface area contributed by atoms with Crippen LogP contribution in [0.25, 0.3) is 0 Å². The van der Waals surface area contributed by atoms with E-state index < -0.39 is 5.97 Å². The molecule has 0 aromatic carbocycles. The van der Waals surface area contributed by atoms with Gasteiger partial charge in [-0.15, -0.1) is 15.3 Å². The molecule has 0 bridgehead atoms. The SMILES string of the molecule is COCCOC(=O)c1nnn(Cc2nnc(C)n2C)c1C. The van der Waals surface area contributed by atoms with E-state index in [2.05, 4.69) is 20.5 Å². The first-order chi connectivity index (χ1) is 10.0. The predicted octanol–water partition coefficient (Wildman–Crippen LogP) is -0.125. The number of ether oxygens (including phenoxy) is 2. The van der Waals surface area contributed by atoms with Gasteiger partial charge in [0, 0.05) is 14.2 Å². The summed E-state index contributed by atoms with van der Waals surface area (Å²) in [6.07, 6.45) is 0. The van der Waals surface area contributed by atoms with Crippen molar-refractivity contribution in [3.8, 4) is 0 Å². The monoisotopic (exact) mass is 294 g/mol. The maximum Gasteiger partial charge on any atom is 0.360 e. The zero-order chi connectivity index (χ0) is 15.4. The Hall–Kier alpha value is -2.29.